The van der Waals surface area contributed by atoms with Gasteiger partial charge in [0.15, 0.2) is 0 Å². The highest BCUT2D eigenvalue weighted by atomic mass is 16.6. The SMILES string of the molecule is CCN(CC)CCn1c(NC(=O)c2[nH]nc(OC)c2[N+](=O)[O-])nc2ccccc21. The molecule has 3 rings (SSSR count). The van der Waals surface area contributed by atoms with Crippen LogP contribution in [0.5, 0.6) is 5.88 Å². The molecule has 0 radical (unpaired) electrons. The number of imidazole rings is 1. The molecule has 1 aromatic carbocycles. The van der Waals surface area contributed by atoms with Gasteiger partial charge in [-0.05, 0) is 25.2 Å². The molecule has 0 unspecified atom stereocenters. The summed E-state index contributed by atoms with van der Waals surface area (Å²) < 4.78 is 6.75. The molecule has 2 N–H and O–H groups in total. The van der Waals surface area contributed by atoms with Crippen molar-refractivity contribution in [1.82, 2.24) is 24.6 Å². The first kappa shape index (κ1) is 20.3. The number of ether oxygens (including phenoxy) is 1. The summed E-state index contributed by atoms with van der Waals surface area (Å²) in [5, 5.41) is 20.1. The number of rotatable bonds is 9. The van der Waals surface area contributed by atoms with Gasteiger partial charge in [-0.2, -0.15) is 0 Å². The zero-order valence-electron chi connectivity index (χ0n) is 16.5. The molecular weight excluding hydrogens is 378 g/mol. The molecule has 154 valence electrons. The summed E-state index contributed by atoms with van der Waals surface area (Å²) in [6.07, 6.45) is 0. The summed E-state index contributed by atoms with van der Waals surface area (Å²) in [5.74, 6) is -0.659. The summed E-state index contributed by atoms with van der Waals surface area (Å²) in [6.45, 7) is 7.36. The Kier molecular flexibility index (Phi) is 6.07. The number of fused-ring (bicyclic) bond motifs is 1. The molecule has 0 atom stereocenters. The third kappa shape index (κ3) is 4.04. The van der Waals surface area contributed by atoms with Gasteiger partial charge in [-0.1, -0.05) is 26.0 Å². The van der Waals surface area contributed by atoms with Gasteiger partial charge in [0.2, 0.25) is 11.6 Å². The number of likely N-dealkylation sites (N-methyl/N-ethyl adjacent to an activating group) is 1. The lowest BCUT2D eigenvalue weighted by molar-refractivity contribution is -0.386. The van der Waals surface area contributed by atoms with Crippen molar-refractivity contribution in [3.05, 3.63) is 40.1 Å². The molecule has 2 aromatic heterocycles. The summed E-state index contributed by atoms with van der Waals surface area (Å²) in [4.78, 5) is 30.1. The highest BCUT2D eigenvalue weighted by Crippen LogP contribution is 2.28. The number of carbonyl (C=O) groups excluding carboxylic acids is 1. The fourth-order valence-electron chi connectivity index (χ4n) is 3.13. The summed E-state index contributed by atoms with van der Waals surface area (Å²) in [5.41, 5.74) is 0.774. The van der Waals surface area contributed by atoms with Crippen molar-refractivity contribution in [2.24, 2.45) is 0 Å². The highest BCUT2D eigenvalue weighted by molar-refractivity contribution is 6.06. The maximum absolute atomic E-state index is 12.7. The van der Waals surface area contributed by atoms with Crippen LogP contribution in [-0.2, 0) is 6.54 Å². The van der Waals surface area contributed by atoms with Crippen molar-refractivity contribution < 1.29 is 14.5 Å². The van der Waals surface area contributed by atoms with Crippen molar-refractivity contribution in [2.75, 3.05) is 32.1 Å². The van der Waals surface area contributed by atoms with Crippen LogP contribution in [-0.4, -0.2) is 62.2 Å². The standard InChI is InChI=1S/C18H23N7O4/c1-4-23(5-2)10-11-24-13-9-7-6-8-12(13)19-18(24)20-16(26)14-15(25(27)28)17(29-3)22-21-14/h6-9H,4-5,10-11H2,1-3H3,(H,21,22)(H,19,20,26). The fraction of sp³-hybridized carbons (Fsp3) is 0.389. The Labute approximate surface area is 166 Å². The Hall–Kier alpha value is -3.47. The number of amides is 1. The second-order valence-corrected chi connectivity index (χ2v) is 6.27. The number of nitrogens with zero attached hydrogens (tertiary/aromatic N) is 5. The van der Waals surface area contributed by atoms with Crippen molar-refractivity contribution in [2.45, 2.75) is 20.4 Å². The molecule has 0 saturated heterocycles. The Morgan fingerprint density at radius 2 is 2.07 bits per heavy atom. The van der Waals surface area contributed by atoms with Gasteiger partial charge >= 0.3 is 11.6 Å². The van der Waals surface area contributed by atoms with E-state index in [9.17, 15) is 14.9 Å². The second-order valence-electron chi connectivity index (χ2n) is 6.27. The summed E-state index contributed by atoms with van der Waals surface area (Å²) in [7, 11) is 1.25. The number of hydrogen-bond donors (Lipinski definition) is 2. The summed E-state index contributed by atoms with van der Waals surface area (Å²) in [6, 6.07) is 7.52. The number of aromatic nitrogens is 4. The van der Waals surface area contributed by atoms with Gasteiger partial charge in [-0.25, -0.2) is 4.98 Å². The van der Waals surface area contributed by atoms with Crippen LogP contribution in [0.1, 0.15) is 24.3 Å². The van der Waals surface area contributed by atoms with E-state index < -0.39 is 16.5 Å². The van der Waals surface area contributed by atoms with E-state index in [1.165, 1.54) is 7.11 Å². The average Bonchev–Trinajstić information content (AvgIpc) is 3.30. The van der Waals surface area contributed by atoms with Crippen LogP contribution in [0.2, 0.25) is 0 Å². The molecule has 0 aliphatic heterocycles. The first-order valence-corrected chi connectivity index (χ1v) is 9.25. The van der Waals surface area contributed by atoms with Gasteiger partial charge in [-0.15, -0.1) is 5.10 Å². The maximum atomic E-state index is 12.7. The molecule has 0 aliphatic carbocycles. The number of carbonyl (C=O) groups is 1. The number of nitrogens with one attached hydrogen (secondary N) is 2. The molecule has 3 aromatic rings. The number of anilines is 1. The van der Waals surface area contributed by atoms with E-state index in [2.05, 4.69) is 39.2 Å². The van der Waals surface area contributed by atoms with Crippen molar-refractivity contribution in [3.8, 4) is 5.88 Å². The van der Waals surface area contributed by atoms with Crippen LogP contribution in [0.15, 0.2) is 24.3 Å². The van der Waals surface area contributed by atoms with E-state index in [-0.39, 0.29) is 11.6 Å². The molecule has 11 heteroatoms. The lowest BCUT2D eigenvalue weighted by Crippen LogP contribution is -2.28. The topological polar surface area (TPSA) is 131 Å². The van der Waals surface area contributed by atoms with Crippen molar-refractivity contribution in [3.63, 3.8) is 0 Å². The molecule has 2 heterocycles. The van der Waals surface area contributed by atoms with E-state index in [4.69, 9.17) is 4.74 Å². The quantitative estimate of drug-likeness (QED) is 0.415. The number of methoxy groups -OCH3 is 1. The first-order chi connectivity index (χ1) is 14.0. The van der Waals surface area contributed by atoms with E-state index in [1.807, 2.05) is 28.8 Å². The van der Waals surface area contributed by atoms with Crippen molar-refractivity contribution in [1.29, 1.82) is 0 Å². The lowest BCUT2D eigenvalue weighted by atomic mass is 10.3. The van der Waals surface area contributed by atoms with E-state index in [0.29, 0.717) is 12.5 Å². The summed E-state index contributed by atoms with van der Waals surface area (Å²) >= 11 is 0. The minimum absolute atomic E-state index is 0.254. The Morgan fingerprint density at radius 3 is 2.72 bits per heavy atom. The van der Waals surface area contributed by atoms with Gasteiger partial charge in [0.25, 0.3) is 5.91 Å². The molecule has 0 aliphatic rings. The number of H-pyrrole nitrogens is 1. The van der Waals surface area contributed by atoms with Gasteiger partial charge < -0.3 is 14.2 Å². The minimum atomic E-state index is -0.716. The predicted octanol–water partition coefficient (Wildman–Crippen LogP) is 2.27. The molecule has 0 bridgehead atoms. The molecule has 0 spiro atoms. The van der Waals surface area contributed by atoms with Crippen LogP contribution in [0.4, 0.5) is 11.6 Å². The van der Waals surface area contributed by atoms with Crippen molar-refractivity contribution >= 4 is 28.6 Å². The first-order valence-electron chi connectivity index (χ1n) is 9.25. The monoisotopic (exact) mass is 401 g/mol. The zero-order valence-corrected chi connectivity index (χ0v) is 16.5. The Balaban J connectivity index is 1.94. The van der Waals surface area contributed by atoms with Gasteiger partial charge in [0, 0.05) is 13.1 Å². The Bertz CT molecular complexity index is 1020. The average molecular weight is 401 g/mol. The lowest BCUT2D eigenvalue weighted by Gasteiger charge is -2.19. The maximum Gasteiger partial charge on any atom is 0.362 e. The van der Waals surface area contributed by atoms with Crippen LogP contribution >= 0.6 is 0 Å². The number of aromatic amines is 1. The van der Waals surface area contributed by atoms with E-state index in [1.54, 1.807) is 0 Å². The van der Waals surface area contributed by atoms with Gasteiger partial charge in [0.05, 0.1) is 23.1 Å². The number of hydrogen-bond acceptors (Lipinski definition) is 7. The minimum Gasteiger partial charge on any atom is -0.475 e. The van der Waals surface area contributed by atoms with Crippen LogP contribution < -0.4 is 10.1 Å². The normalized spacial score (nSPS) is 11.2. The van der Waals surface area contributed by atoms with E-state index in [0.717, 1.165) is 30.7 Å². The largest absolute Gasteiger partial charge is 0.475 e. The number of para-hydroxylation sites is 2. The van der Waals surface area contributed by atoms with Gasteiger partial charge in [0.1, 0.15) is 0 Å². The highest BCUT2D eigenvalue weighted by Gasteiger charge is 2.31. The molecule has 29 heavy (non-hydrogen) atoms. The molecule has 0 fully saturated rings. The number of benzene rings is 1. The molecule has 11 nitrogen and oxygen atoms in total. The molecule has 1 amide bonds. The zero-order chi connectivity index (χ0) is 21.0. The van der Waals surface area contributed by atoms with Crippen LogP contribution in [0, 0.1) is 10.1 Å². The molecular formula is C18H23N7O4. The van der Waals surface area contributed by atoms with E-state index >= 15 is 0 Å². The second kappa shape index (κ2) is 8.69. The van der Waals surface area contributed by atoms with Crippen LogP contribution in [0.25, 0.3) is 11.0 Å². The predicted molar refractivity (Wildman–Crippen MR) is 107 cm³/mol. The molecule has 0 saturated carbocycles. The van der Waals surface area contributed by atoms with Crippen LogP contribution in [0.3, 0.4) is 0 Å². The Morgan fingerprint density at radius 1 is 1.34 bits per heavy atom. The van der Waals surface area contributed by atoms with Gasteiger partial charge in [-0.3, -0.25) is 25.3 Å². The number of nitro groups is 1. The fourth-order valence-corrected chi connectivity index (χ4v) is 3.13. The third-order valence-electron chi connectivity index (χ3n) is 4.73. The third-order valence-corrected chi connectivity index (χ3v) is 4.73. The smallest absolute Gasteiger partial charge is 0.362 e.